The fraction of sp³-hybridized carbons (Fsp3) is 0.217. The minimum absolute atomic E-state index is 0.144. The van der Waals surface area contributed by atoms with Gasteiger partial charge in [-0.15, -0.1) is 21.5 Å². The smallest absolute Gasteiger partial charge is 0.273 e. The number of hydrogen-bond acceptors (Lipinski definition) is 6. The van der Waals surface area contributed by atoms with Gasteiger partial charge in [-0.05, 0) is 24.1 Å². The lowest BCUT2D eigenvalue weighted by Gasteiger charge is -2.19. The third-order valence-corrected chi connectivity index (χ3v) is 5.83. The van der Waals surface area contributed by atoms with Gasteiger partial charge < -0.3 is 9.32 Å². The van der Waals surface area contributed by atoms with Crippen molar-refractivity contribution in [1.82, 2.24) is 20.1 Å². The molecule has 1 amide bonds. The molecule has 4 aromatic rings. The molecule has 0 unspecified atom stereocenters. The Morgan fingerprint density at radius 2 is 1.87 bits per heavy atom. The molecule has 0 aliphatic heterocycles. The number of thiazole rings is 1. The molecule has 0 atom stereocenters. The molecule has 0 aliphatic rings. The Labute approximate surface area is 189 Å². The second kappa shape index (κ2) is 9.85. The van der Waals surface area contributed by atoms with Crippen LogP contribution in [0.25, 0.3) is 11.5 Å². The van der Waals surface area contributed by atoms with E-state index in [1.807, 2.05) is 48.7 Å². The lowest BCUT2D eigenvalue weighted by atomic mass is 10.2. The molecule has 2 aromatic carbocycles. The van der Waals surface area contributed by atoms with Crippen molar-refractivity contribution in [3.05, 3.63) is 87.2 Å². The Balaban J connectivity index is 1.48. The van der Waals surface area contributed by atoms with Crippen LogP contribution in [0.15, 0.2) is 64.4 Å². The SMILES string of the molecule is CCCN(Cc1nnc(-c2ccccc2Cl)o1)C(=O)c1csc(Cc2ccccc2)n1. The summed E-state index contributed by atoms with van der Waals surface area (Å²) in [6.07, 6.45) is 1.51. The van der Waals surface area contributed by atoms with Crippen molar-refractivity contribution >= 4 is 28.8 Å². The summed E-state index contributed by atoms with van der Waals surface area (Å²) >= 11 is 7.71. The van der Waals surface area contributed by atoms with Gasteiger partial charge in [0.05, 0.1) is 22.1 Å². The Morgan fingerprint density at radius 3 is 2.65 bits per heavy atom. The Bertz CT molecular complexity index is 1160. The van der Waals surface area contributed by atoms with E-state index in [9.17, 15) is 4.79 Å². The summed E-state index contributed by atoms with van der Waals surface area (Å²) in [6, 6.07) is 17.4. The lowest BCUT2D eigenvalue weighted by Crippen LogP contribution is -2.31. The second-order valence-corrected chi connectivity index (χ2v) is 8.35. The van der Waals surface area contributed by atoms with Gasteiger partial charge in [-0.25, -0.2) is 4.98 Å². The van der Waals surface area contributed by atoms with Crippen molar-refractivity contribution in [2.45, 2.75) is 26.3 Å². The Kier molecular flexibility index (Phi) is 6.74. The van der Waals surface area contributed by atoms with E-state index in [-0.39, 0.29) is 12.5 Å². The van der Waals surface area contributed by atoms with Crippen LogP contribution in [0.3, 0.4) is 0 Å². The number of carbonyl (C=O) groups is 1. The fourth-order valence-corrected chi connectivity index (χ4v) is 4.19. The van der Waals surface area contributed by atoms with Crippen molar-refractivity contribution in [3.63, 3.8) is 0 Å². The molecule has 31 heavy (non-hydrogen) atoms. The molecule has 0 fully saturated rings. The van der Waals surface area contributed by atoms with Crippen molar-refractivity contribution in [2.24, 2.45) is 0 Å². The first-order valence-corrected chi connectivity index (χ1v) is 11.2. The highest BCUT2D eigenvalue weighted by Crippen LogP contribution is 2.26. The zero-order valence-electron chi connectivity index (χ0n) is 17.0. The number of benzene rings is 2. The highest BCUT2D eigenvalue weighted by molar-refractivity contribution is 7.09. The van der Waals surface area contributed by atoms with Crippen molar-refractivity contribution < 1.29 is 9.21 Å². The van der Waals surface area contributed by atoms with Crippen molar-refractivity contribution in [2.75, 3.05) is 6.54 Å². The van der Waals surface area contributed by atoms with Gasteiger partial charge in [-0.1, -0.05) is 61.0 Å². The number of halogens is 1. The third kappa shape index (κ3) is 5.18. The first-order valence-electron chi connectivity index (χ1n) is 9.99. The summed E-state index contributed by atoms with van der Waals surface area (Å²) in [4.78, 5) is 19.3. The standard InChI is InChI=1S/C23H21ClN4O2S/c1-2-12-28(14-20-26-27-22(30-20)17-10-6-7-11-18(17)24)23(29)19-15-31-21(25-19)13-16-8-4-3-5-9-16/h3-11,15H,2,12-14H2,1H3. The van der Waals surface area contributed by atoms with E-state index in [0.29, 0.717) is 41.0 Å². The molecule has 0 spiro atoms. The Morgan fingerprint density at radius 1 is 1.10 bits per heavy atom. The molecule has 6 nitrogen and oxygen atoms in total. The largest absolute Gasteiger partial charge is 0.419 e. The molecule has 2 heterocycles. The molecule has 0 bridgehead atoms. The van der Waals surface area contributed by atoms with Gasteiger partial charge >= 0.3 is 0 Å². The van der Waals surface area contributed by atoms with Crippen molar-refractivity contribution in [3.8, 4) is 11.5 Å². The predicted octanol–water partition coefficient (Wildman–Crippen LogP) is 5.49. The van der Waals surface area contributed by atoms with Crippen LogP contribution < -0.4 is 0 Å². The number of nitrogens with zero attached hydrogens (tertiary/aromatic N) is 4. The summed E-state index contributed by atoms with van der Waals surface area (Å²) < 4.78 is 5.78. The van der Waals surface area contributed by atoms with Crippen LogP contribution in [-0.2, 0) is 13.0 Å². The van der Waals surface area contributed by atoms with E-state index in [0.717, 1.165) is 11.4 Å². The van der Waals surface area contributed by atoms with Gasteiger partial charge in [-0.3, -0.25) is 4.79 Å². The van der Waals surface area contributed by atoms with Crippen LogP contribution in [-0.4, -0.2) is 32.5 Å². The molecule has 8 heteroatoms. The van der Waals surface area contributed by atoms with E-state index in [2.05, 4.69) is 27.3 Å². The minimum atomic E-state index is -0.144. The zero-order valence-corrected chi connectivity index (χ0v) is 18.6. The third-order valence-electron chi connectivity index (χ3n) is 4.65. The molecule has 0 N–H and O–H groups in total. The molecule has 0 radical (unpaired) electrons. The zero-order chi connectivity index (χ0) is 21.6. The summed E-state index contributed by atoms with van der Waals surface area (Å²) in [5.41, 5.74) is 2.27. The van der Waals surface area contributed by atoms with Crippen LogP contribution in [0.2, 0.25) is 5.02 Å². The number of carbonyl (C=O) groups excluding carboxylic acids is 1. The summed E-state index contributed by atoms with van der Waals surface area (Å²) in [5.74, 6) is 0.551. The number of aromatic nitrogens is 3. The van der Waals surface area contributed by atoms with E-state index in [4.69, 9.17) is 16.0 Å². The number of rotatable bonds is 8. The summed E-state index contributed by atoms with van der Waals surface area (Å²) in [6.45, 7) is 2.80. The van der Waals surface area contributed by atoms with Crippen LogP contribution in [0.4, 0.5) is 0 Å². The first-order chi connectivity index (χ1) is 15.1. The normalized spacial score (nSPS) is 10.9. The van der Waals surface area contributed by atoms with E-state index < -0.39 is 0 Å². The molecular formula is C23H21ClN4O2S. The average Bonchev–Trinajstić information content (AvgIpc) is 3.44. The van der Waals surface area contributed by atoms with Crippen molar-refractivity contribution in [1.29, 1.82) is 0 Å². The monoisotopic (exact) mass is 452 g/mol. The van der Waals surface area contributed by atoms with Crippen LogP contribution in [0.1, 0.15) is 40.3 Å². The summed E-state index contributed by atoms with van der Waals surface area (Å²) in [5, 5.41) is 11.5. The van der Waals surface area contributed by atoms with E-state index in [1.165, 1.54) is 16.9 Å². The van der Waals surface area contributed by atoms with Gasteiger partial charge in [-0.2, -0.15) is 0 Å². The number of amides is 1. The van der Waals surface area contributed by atoms with Gasteiger partial charge in [0.15, 0.2) is 0 Å². The topological polar surface area (TPSA) is 72.1 Å². The van der Waals surface area contributed by atoms with Crippen LogP contribution in [0, 0.1) is 0 Å². The van der Waals surface area contributed by atoms with Gasteiger partial charge in [0.25, 0.3) is 5.91 Å². The number of hydrogen-bond donors (Lipinski definition) is 0. The van der Waals surface area contributed by atoms with E-state index >= 15 is 0 Å². The molecule has 4 rings (SSSR count). The molecule has 0 aliphatic carbocycles. The predicted molar refractivity (Wildman–Crippen MR) is 121 cm³/mol. The average molecular weight is 453 g/mol. The fourth-order valence-electron chi connectivity index (χ4n) is 3.17. The lowest BCUT2D eigenvalue weighted by molar-refractivity contribution is 0.0723. The highest BCUT2D eigenvalue weighted by atomic mass is 35.5. The molecular weight excluding hydrogens is 432 g/mol. The molecule has 158 valence electrons. The maximum absolute atomic E-state index is 13.1. The molecule has 0 saturated heterocycles. The second-order valence-electron chi connectivity index (χ2n) is 7.00. The first kappa shape index (κ1) is 21.2. The van der Waals surface area contributed by atoms with Crippen LogP contribution >= 0.6 is 22.9 Å². The Hall–Kier alpha value is -3.03. The maximum atomic E-state index is 13.1. The van der Waals surface area contributed by atoms with Gasteiger partial charge in [0.1, 0.15) is 5.69 Å². The van der Waals surface area contributed by atoms with Gasteiger partial charge in [0, 0.05) is 18.3 Å². The minimum Gasteiger partial charge on any atom is -0.419 e. The molecule has 2 aromatic heterocycles. The van der Waals surface area contributed by atoms with E-state index in [1.54, 1.807) is 11.0 Å². The van der Waals surface area contributed by atoms with Gasteiger partial charge in [0.2, 0.25) is 11.8 Å². The maximum Gasteiger partial charge on any atom is 0.273 e. The molecule has 0 saturated carbocycles. The summed E-state index contributed by atoms with van der Waals surface area (Å²) in [7, 11) is 0. The van der Waals surface area contributed by atoms with Crippen LogP contribution in [0.5, 0.6) is 0 Å². The quantitative estimate of drug-likeness (QED) is 0.353. The highest BCUT2D eigenvalue weighted by Gasteiger charge is 2.21.